The maximum Gasteiger partial charge on any atom is 0.169 e. The Kier molecular flexibility index (Phi) is 5.25. The fraction of sp³-hybridized carbons (Fsp3) is 0.500. The fourth-order valence-corrected chi connectivity index (χ4v) is 2.50. The van der Waals surface area contributed by atoms with Crippen molar-refractivity contribution in [2.75, 3.05) is 13.7 Å². The molecule has 2 rings (SSSR count). The predicted octanol–water partition coefficient (Wildman–Crippen LogP) is 3.36. The van der Waals surface area contributed by atoms with Crippen LogP contribution in [0, 0.1) is 0 Å². The second-order valence-electron chi connectivity index (χ2n) is 4.44. The normalized spacial score (nSPS) is 12.6. The second-order valence-corrected chi connectivity index (χ2v) is 5.22. The zero-order valence-corrected chi connectivity index (χ0v) is 13.6. The first-order chi connectivity index (χ1) is 9.71. The second kappa shape index (κ2) is 6.95. The van der Waals surface area contributed by atoms with Crippen LogP contribution in [-0.2, 0) is 6.54 Å². The monoisotopic (exact) mass is 341 g/mol. The molecular weight excluding hydrogens is 322 g/mol. The number of ether oxygens (including phenoxy) is 1. The van der Waals surface area contributed by atoms with Crippen LogP contribution in [-0.4, -0.2) is 23.4 Å². The van der Waals surface area contributed by atoms with Crippen LogP contribution in [0.25, 0.3) is 0 Å². The first-order valence-corrected chi connectivity index (χ1v) is 7.58. The van der Waals surface area contributed by atoms with Gasteiger partial charge in [-0.3, -0.25) is 4.68 Å². The topological polar surface area (TPSA) is 52.2 Å². The number of hydrogen-bond acceptors (Lipinski definition) is 4. The van der Waals surface area contributed by atoms with Crippen LogP contribution in [0.3, 0.4) is 0 Å². The summed E-state index contributed by atoms with van der Waals surface area (Å²) in [5.41, 5.74) is 0.991. The van der Waals surface area contributed by atoms with Crippen molar-refractivity contribution in [2.24, 2.45) is 0 Å². The van der Waals surface area contributed by atoms with E-state index >= 15 is 0 Å². The smallest absolute Gasteiger partial charge is 0.169 e. The lowest BCUT2D eigenvalue weighted by molar-refractivity contribution is 0.379. The van der Waals surface area contributed by atoms with Crippen molar-refractivity contribution < 1.29 is 9.15 Å². The number of nitrogens with zero attached hydrogens (tertiary/aromatic N) is 2. The number of aryl methyl sites for hydroxylation is 1. The number of methoxy groups -OCH3 is 1. The largest absolute Gasteiger partial charge is 0.493 e. The van der Waals surface area contributed by atoms with Gasteiger partial charge >= 0.3 is 0 Å². The molecule has 0 aliphatic heterocycles. The molecule has 1 N–H and O–H groups in total. The first-order valence-electron chi connectivity index (χ1n) is 6.79. The van der Waals surface area contributed by atoms with E-state index in [2.05, 4.69) is 40.2 Å². The third kappa shape index (κ3) is 3.07. The fourth-order valence-electron chi connectivity index (χ4n) is 2.18. The summed E-state index contributed by atoms with van der Waals surface area (Å²) in [6, 6.07) is 3.79. The van der Waals surface area contributed by atoms with Crippen molar-refractivity contribution in [1.29, 1.82) is 0 Å². The van der Waals surface area contributed by atoms with E-state index in [1.807, 2.05) is 16.8 Å². The van der Waals surface area contributed by atoms with Gasteiger partial charge in [0.2, 0.25) is 0 Å². The highest BCUT2D eigenvalue weighted by Gasteiger charge is 2.25. The molecule has 20 heavy (non-hydrogen) atoms. The average Bonchev–Trinajstić information content (AvgIpc) is 3.06. The maximum absolute atomic E-state index is 5.72. The summed E-state index contributed by atoms with van der Waals surface area (Å²) in [5, 5.41) is 7.86. The molecule has 1 unspecified atom stereocenters. The van der Waals surface area contributed by atoms with Crippen LogP contribution in [0.1, 0.15) is 37.8 Å². The summed E-state index contributed by atoms with van der Waals surface area (Å²) in [4.78, 5) is 0. The Morgan fingerprint density at radius 3 is 2.80 bits per heavy atom. The first kappa shape index (κ1) is 15.1. The Morgan fingerprint density at radius 2 is 2.25 bits per heavy atom. The molecule has 2 aromatic rings. The SMILES string of the molecule is CCCNC(c1ccc(Br)o1)c1c(OC)cnn1CC. The molecule has 0 saturated heterocycles. The number of furan rings is 1. The third-order valence-electron chi connectivity index (χ3n) is 3.11. The van der Waals surface area contributed by atoms with E-state index in [9.17, 15) is 0 Å². The van der Waals surface area contributed by atoms with Gasteiger partial charge in [-0.05, 0) is 48.0 Å². The molecule has 0 saturated carbocycles. The van der Waals surface area contributed by atoms with Gasteiger partial charge in [0.25, 0.3) is 0 Å². The van der Waals surface area contributed by atoms with E-state index in [0.29, 0.717) is 0 Å². The molecule has 0 fully saturated rings. The van der Waals surface area contributed by atoms with Gasteiger partial charge in [0.15, 0.2) is 10.4 Å². The summed E-state index contributed by atoms with van der Waals surface area (Å²) in [7, 11) is 1.66. The molecule has 2 aromatic heterocycles. The van der Waals surface area contributed by atoms with Gasteiger partial charge in [-0.1, -0.05) is 6.92 Å². The molecule has 2 heterocycles. The van der Waals surface area contributed by atoms with E-state index < -0.39 is 0 Å². The average molecular weight is 342 g/mol. The van der Waals surface area contributed by atoms with Crippen molar-refractivity contribution >= 4 is 15.9 Å². The van der Waals surface area contributed by atoms with Crippen LogP contribution in [0.15, 0.2) is 27.4 Å². The highest BCUT2D eigenvalue weighted by atomic mass is 79.9. The molecule has 6 heteroatoms. The van der Waals surface area contributed by atoms with Crippen molar-refractivity contribution in [1.82, 2.24) is 15.1 Å². The third-order valence-corrected chi connectivity index (χ3v) is 3.54. The highest BCUT2D eigenvalue weighted by Crippen LogP contribution is 2.32. The minimum Gasteiger partial charge on any atom is -0.493 e. The van der Waals surface area contributed by atoms with Gasteiger partial charge in [0, 0.05) is 6.54 Å². The maximum atomic E-state index is 5.72. The Bertz CT molecular complexity index is 529. The van der Waals surface area contributed by atoms with Crippen molar-refractivity contribution in [3.63, 3.8) is 0 Å². The van der Waals surface area contributed by atoms with Crippen molar-refractivity contribution in [3.05, 3.63) is 34.5 Å². The quantitative estimate of drug-likeness (QED) is 0.838. The summed E-state index contributed by atoms with van der Waals surface area (Å²) >= 11 is 3.35. The lowest BCUT2D eigenvalue weighted by Gasteiger charge is -2.18. The standard InChI is InChI=1S/C14H20BrN3O2/c1-4-8-16-13(10-6-7-12(15)20-10)14-11(19-3)9-17-18(14)5-2/h6-7,9,13,16H,4-5,8H2,1-3H3. The minimum atomic E-state index is -0.0707. The molecule has 5 nitrogen and oxygen atoms in total. The van der Waals surface area contributed by atoms with E-state index in [-0.39, 0.29) is 6.04 Å². The summed E-state index contributed by atoms with van der Waals surface area (Å²) in [6.07, 6.45) is 2.79. The summed E-state index contributed by atoms with van der Waals surface area (Å²) in [5.74, 6) is 1.62. The lowest BCUT2D eigenvalue weighted by atomic mass is 10.1. The van der Waals surface area contributed by atoms with Crippen molar-refractivity contribution in [2.45, 2.75) is 32.9 Å². The van der Waals surface area contributed by atoms with Gasteiger partial charge in [0.1, 0.15) is 17.5 Å². The van der Waals surface area contributed by atoms with E-state index in [1.165, 1.54) is 0 Å². The van der Waals surface area contributed by atoms with Crippen LogP contribution in [0.5, 0.6) is 5.75 Å². The van der Waals surface area contributed by atoms with Crippen LogP contribution in [0.2, 0.25) is 0 Å². The molecule has 0 bridgehead atoms. The van der Waals surface area contributed by atoms with Gasteiger partial charge < -0.3 is 14.5 Å². The molecule has 0 amide bonds. The minimum absolute atomic E-state index is 0.0707. The highest BCUT2D eigenvalue weighted by molar-refractivity contribution is 9.10. The number of aromatic nitrogens is 2. The Labute approximate surface area is 127 Å². The number of nitrogens with one attached hydrogen (secondary N) is 1. The Morgan fingerprint density at radius 1 is 1.45 bits per heavy atom. The number of rotatable bonds is 7. The molecule has 0 radical (unpaired) electrons. The van der Waals surface area contributed by atoms with Gasteiger partial charge in [-0.25, -0.2) is 0 Å². The molecule has 0 spiro atoms. The molecular formula is C14H20BrN3O2. The zero-order chi connectivity index (χ0) is 14.5. The van der Waals surface area contributed by atoms with E-state index in [0.717, 1.165) is 41.4 Å². The molecule has 1 atom stereocenters. The van der Waals surface area contributed by atoms with E-state index in [4.69, 9.17) is 9.15 Å². The van der Waals surface area contributed by atoms with Crippen LogP contribution < -0.4 is 10.1 Å². The number of hydrogen-bond donors (Lipinski definition) is 1. The summed E-state index contributed by atoms with van der Waals surface area (Å²) in [6.45, 7) is 5.87. The van der Waals surface area contributed by atoms with Crippen LogP contribution in [0.4, 0.5) is 0 Å². The predicted molar refractivity (Wildman–Crippen MR) is 81.0 cm³/mol. The molecule has 0 aliphatic carbocycles. The van der Waals surface area contributed by atoms with E-state index in [1.54, 1.807) is 13.3 Å². The van der Waals surface area contributed by atoms with Crippen molar-refractivity contribution in [3.8, 4) is 5.75 Å². The molecule has 110 valence electrons. The van der Waals surface area contributed by atoms with Gasteiger partial charge in [-0.15, -0.1) is 0 Å². The Hall–Kier alpha value is -1.27. The zero-order valence-electron chi connectivity index (χ0n) is 12.0. The van der Waals surface area contributed by atoms with Crippen LogP contribution >= 0.6 is 15.9 Å². The molecule has 0 aliphatic rings. The molecule has 0 aromatic carbocycles. The number of halogens is 1. The van der Waals surface area contributed by atoms with Gasteiger partial charge in [-0.2, -0.15) is 5.10 Å². The van der Waals surface area contributed by atoms with Gasteiger partial charge in [0.05, 0.1) is 13.3 Å². The lowest BCUT2D eigenvalue weighted by Crippen LogP contribution is -2.25. The Balaban J connectivity index is 2.42. The summed E-state index contributed by atoms with van der Waals surface area (Å²) < 4.78 is 13.8.